The Kier molecular flexibility index (Phi) is 3.68. The summed E-state index contributed by atoms with van der Waals surface area (Å²) in [5, 5.41) is 9.13. The van der Waals surface area contributed by atoms with Gasteiger partial charge in [0.15, 0.2) is 11.2 Å². The first-order valence-corrected chi connectivity index (χ1v) is 6.00. The molecule has 1 N–H and O–H groups in total. The van der Waals surface area contributed by atoms with Gasteiger partial charge in [-0.15, -0.1) is 0 Å². The van der Waals surface area contributed by atoms with Crippen LogP contribution in [0.5, 0.6) is 0 Å². The molecule has 0 amide bonds. The minimum Gasteiger partial charge on any atom is -0.468 e. The molecular weight excluding hydrogens is 248 g/mol. The van der Waals surface area contributed by atoms with Crippen LogP contribution in [0, 0.1) is 0 Å². The summed E-state index contributed by atoms with van der Waals surface area (Å²) in [6.07, 6.45) is -1.19. The van der Waals surface area contributed by atoms with Crippen LogP contribution in [0.15, 0.2) is 30.3 Å². The van der Waals surface area contributed by atoms with Gasteiger partial charge >= 0.3 is 5.97 Å². The Morgan fingerprint density at radius 2 is 2.00 bits per heavy atom. The Morgan fingerprint density at radius 1 is 1.37 bits per heavy atom. The van der Waals surface area contributed by atoms with Gasteiger partial charge in [-0.2, -0.15) is 0 Å². The monoisotopic (exact) mass is 264 g/mol. The van der Waals surface area contributed by atoms with Crippen LogP contribution in [-0.2, 0) is 24.5 Å². The van der Waals surface area contributed by atoms with Gasteiger partial charge in [0.05, 0.1) is 13.7 Å². The number of Topliss-reactive ketones (excluding diaryl/α,β-unsaturated/α-hetero) is 1. The number of carbonyl (C=O) groups excluding carboxylic acids is 2. The number of ether oxygens (including phenoxy) is 2. The molecule has 1 aliphatic rings. The second-order valence-electron chi connectivity index (χ2n) is 4.50. The number of esters is 1. The minimum absolute atomic E-state index is 0.233. The zero-order chi connectivity index (χ0) is 14.0. The molecule has 19 heavy (non-hydrogen) atoms. The van der Waals surface area contributed by atoms with Gasteiger partial charge in [-0.1, -0.05) is 30.3 Å². The first-order chi connectivity index (χ1) is 9.08. The van der Waals surface area contributed by atoms with E-state index in [1.165, 1.54) is 14.0 Å². The molecule has 0 spiro atoms. The van der Waals surface area contributed by atoms with Crippen molar-refractivity contribution in [2.24, 2.45) is 0 Å². The first-order valence-electron chi connectivity index (χ1n) is 6.00. The number of aliphatic hydroxyl groups is 1. The molecule has 0 aliphatic carbocycles. The summed E-state index contributed by atoms with van der Waals surface area (Å²) in [6, 6.07) is 8.66. The Hall–Kier alpha value is -1.72. The van der Waals surface area contributed by atoms with Crippen LogP contribution in [0.3, 0.4) is 0 Å². The zero-order valence-corrected chi connectivity index (χ0v) is 10.8. The molecule has 1 aromatic rings. The lowest BCUT2D eigenvalue weighted by Crippen LogP contribution is -2.49. The molecule has 0 radical (unpaired) electrons. The van der Waals surface area contributed by atoms with Crippen LogP contribution in [0.25, 0.3) is 0 Å². The van der Waals surface area contributed by atoms with Crippen LogP contribution < -0.4 is 0 Å². The van der Waals surface area contributed by atoms with E-state index in [2.05, 4.69) is 0 Å². The van der Waals surface area contributed by atoms with E-state index in [9.17, 15) is 9.59 Å². The van der Waals surface area contributed by atoms with Gasteiger partial charge in [0.2, 0.25) is 0 Å². The Labute approximate surface area is 111 Å². The van der Waals surface area contributed by atoms with Crippen molar-refractivity contribution in [3.63, 3.8) is 0 Å². The highest BCUT2D eigenvalue weighted by atomic mass is 16.6. The normalized spacial score (nSPS) is 24.4. The van der Waals surface area contributed by atoms with Crippen molar-refractivity contribution < 1.29 is 24.2 Å². The van der Waals surface area contributed by atoms with Crippen molar-refractivity contribution in [2.45, 2.75) is 24.5 Å². The first kappa shape index (κ1) is 13.7. The number of epoxide rings is 1. The van der Waals surface area contributed by atoms with Gasteiger partial charge in [-0.25, -0.2) is 0 Å². The molecule has 5 nitrogen and oxygen atoms in total. The molecule has 3 unspecified atom stereocenters. The molecule has 1 aliphatic heterocycles. The van der Waals surface area contributed by atoms with Crippen molar-refractivity contribution in [3.05, 3.63) is 35.9 Å². The fraction of sp³-hybridized carbons (Fsp3) is 0.429. The second kappa shape index (κ2) is 5.11. The number of carbonyl (C=O) groups is 2. The van der Waals surface area contributed by atoms with Crippen LogP contribution in [0.1, 0.15) is 12.5 Å². The van der Waals surface area contributed by atoms with E-state index in [0.29, 0.717) is 5.56 Å². The van der Waals surface area contributed by atoms with Gasteiger partial charge in [0.25, 0.3) is 0 Å². The van der Waals surface area contributed by atoms with E-state index < -0.39 is 23.6 Å². The summed E-state index contributed by atoms with van der Waals surface area (Å²) in [4.78, 5) is 24.4. The molecule has 0 saturated carbocycles. The number of hydrogen-bond donors (Lipinski definition) is 1. The molecule has 2 rings (SSSR count). The summed E-state index contributed by atoms with van der Waals surface area (Å²) in [5.41, 5.74) is -0.973. The second-order valence-corrected chi connectivity index (χ2v) is 4.50. The topological polar surface area (TPSA) is 76.1 Å². The molecule has 1 heterocycles. The molecule has 102 valence electrons. The lowest BCUT2D eigenvalue weighted by molar-refractivity contribution is -0.152. The van der Waals surface area contributed by atoms with E-state index in [1.807, 2.05) is 0 Å². The minimum atomic E-state index is -1.50. The third-order valence-electron chi connectivity index (χ3n) is 3.48. The average molecular weight is 264 g/mol. The van der Waals surface area contributed by atoms with Gasteiger partial charge in [-0.3, -0.25) is 9.59 Å². The Bertz CT molecular complexity index is 484. The molecule has 5 heteroatoms. The van der Waals surface area contributed by atoms with E-state index in [4.69, 9.17) is 14.6 Å². The van der Waals surface area contributed by atoms with E-state index >= 15 is 0 Å². The van der Waals surface area contributed by atoms with Crippen LogP contribution >= 0.6 is 0 Å². The maximum atomic E-state index is 12.2. The maximum absolute atomic E-state index is 12.2. The fourth-order valence-electron chi connectivity index (χ4n) is 2.47. The number of aliphatic hydroxyl groups excluding tert-OH is 1. The smallest absolute Gasteiger partial charge is 0.326 e. The van der Waals surface area contributed by atoms with E-state index in [-0.39, 0.29) is 12.4 Å². The van der Waals surface area contributed by atoms with E-state index in [1.54, 1.807) is 30.3 Å². The number of methoxy groups -OCH3 is 1. The van der Waals surface area contributed by atoms with Crippen molar-refractivity contribution in [1.82, 2.24) is 0 Å². The SMILES string of the molecule is COC(=O)C(C(C)=O)(c1ccccc1)C1OC1CO. The van der Waals surface area contributed by atoms with Gasteiger partial charge in [0.1, 0.15) is 12.2 Å². The molecule has 1 saturated heterocycles. The molecule has 0 bridgehead atoms. The predicted molar refractivity (Wildman–Crippen MR) is 66.6 cm³/mol. The third-order valence-corrected chi connectivity index (χ3v) is 3.48. The molecule has 3 atom stereocenters. The van der Waals surface area contributed by atoms with Crippen molar-refractivity contribution in [2.75, 3.05) is 13.7 Å². The number of ketones is 1. The van der Waals surface area contributed by atoms with Crippen LogP contribution in [0.2, 0.25) is 0 Å². The van der Waals surface area contributed by atoms with Gasteiger partial charge < -0.3 is 14.6 Å². The lowest BCUT2D eigenvalue weighted by Gasteiger charge is -2.27. The van der Waals surface area contributed by atoms with Gasteiger partial charge in [-0.05, 0) is 12.5 Å². The zero-order valence-electron chi connectivity index (χ0n) is 10.8. The predicted octanol–water partition coefficient (Wildman–Crippen LogP) is 0.446. The van der Waals surface area contributed by atoms with Crippen LogP contribution in [0.4, 0.5) is 0 Å². The molecule has 1 aromatic carbocycles. The molecule has 0 aromatic heterocycles. The standard InChI is InChI=1S/C14H16O5/c1-9(16)14(13(17)18-2,12-11(8-15)19-12)10-6-4-3-5-7-10/h3-7,11-12,15H,8H2,1-2H3. The Morgan fingerprint density at radius 3 is 2.42 bits per heavy atom. The van der Waals surface area contributed by atoms with Crippen LogP contribution in [-0.4, -0.2) is 42.8 Å². The van der Waals surface area contributed by atoms with Crippen molar-refractivity contribution in [3.8, 4) is 0 Å². The average Bonchev–Trinajstić information content (AvgIpc) is 3.20. The van der Waals surface area contributed by atoms with Crippen molar-refractivity contribution in [1.29, 1.82) is 0 Å². The highest BCUT2D eigenvalue weighted by Crippen LogP contribution is 2.43. The Balaban J connectivity index is 2.54. The summed E-state index contributed by atoms with van der Waals surface area (Å²) in [6.45, 7) is 1.10. The highest BCUT2D eigenvalue weighted by molar-refractivity contribution is 6.10. The number of benzene rings is 1. The number of hydrogen-bond acceptors (Lipinski definition) is 5. The third kappa shape index (κ3) is 2.05. The summed E-state index contributed by atoms with van der Waals surface area (Å²) in [7, 11) is 1.24. The van der Waals surface area contributed by atoms with Gasteiger partial charge in [0, 0.05) is 0 Å². The largest absolute Gasteiger partial charge is 0.468 e. The lowest BCUT2D eigenvalue weighted by atomic mass is 9.73. The summed E-state index contributed by atoms with van der Waals surface area (Å²) < 4.78 is 10.1. The van der Waals surface area contributed by atoms with Crippen molar-refractivity contribution >= 4 is 11.8 Å². The molecule has 1 fully saturated rings. The van der Waals surface area contributed by atoms with E-state index in [0.717, 1.165) is 0 Å². The quantitative estimate of drug-likeness (QED) is 0.474. The summed E-state index contributed by atoms with van der Waals surface area (Å²) >= 11 is 0. The molecular formula is C14H16O5. The number of rotatable bonds is 5. The highest BCUT2D eigenvalue weighted by Gasteiger charge is 2.63. The maximum Gasteiger partial charge on any atom is 0.326 e. The summed E-state index contributed by atoms with van der Waals surface area (Å²) in [5.74, 6) is -1.02. The fourth-order valence-corrected chi connectivity index (χ4v) is 2.47.